The first-order valence-corrected chi connectivity index (χ1v) is 15.6. The van der Waals surface area contributed by atoms with Gasteiger partial charge in [-0.25, -0.2) is 9.59 Å². The van der Waals surface area contributed by atoms with Crippen molar-refractivity contribution >= 4 is 35.0 Å². The van der Waals surface area contributed by atoms with Crippen molar-refractivity contribution in [3.05, 3.63) is 82.9 Å². The number of aliphatic hydroxyl groups excluding tert-OH is 1. The molecule has 0 saturated carbocycles. The second kappa shape index (κ2) is 13.5. The van der Waals surface area contributed by atoms with Gasteiger partial charge in [0, 0.05) is 55.7 Å². The highest BCUT2D eigenvalue weighted by Crippen LogP contribution is 2.39. The van der Waals surface area contributed by atoms with Gasteiger partial charge >= 0.3 is 12.1 Å². The summed E-state index contributed by atoms with van der Waals surface area (Å²) in [5.41, 5.74) is 4.99. The van der Waals surface area contributed by atoms with Crippen molar-refractivity contribution in [1.82, 2.24) is 4.90 Å². The number of rotatable bonds is 6. The van der Waals surface area contributed by atoms with Crippen molar-refractivity contribution in [3.63, 3.8) is 0 Å². The maximum absolute atomic E-state index is 12.6. The van der Waals surface area contributed by atoms with E-state index >= 15 is 0 Å². The van der Waals surface area contributed by atoms with Crippen LogP contribution in [0.25, 0.3) is 11.1 Å². The Morgan fingerprint density at radius 2 is 1.43 bits per heavy atom. The molecule has 1 atom stereocenters. The first-order chi connectivity index (χ1) is 21.0. The topological polar surface area (TPSA) is 82.5 Å². The molecule has 9 heteroatoms. The smallest absolute Gasteiger partial charge is 0.410 e. The van der Waals surface area contributed by atoms with Crippen LogP contribution in [0.4, 0.5) is 16.2 Å². The number of benzene rings is 3. The molecule has 1 amide bonds. The van der Waals surface area contributed by atoms with Gasteiger partial charge in [0.2, 0.25) is 0 Å². The van der Waals surface area contributed by atoms with E-state index < -0.39 is 11.7 Å². The molecule has 0 aliphatic carbocycles. The van der Waals surface area contributed by atoms with E-state index in [1.807, 2.05) is 57.2 Å². The Kier molecular flexibility index (Phi) is 9.71. The minimum Gasteiger partial charge on any atom is -0.465 e. The van der Waals surface area contributed by atoms with E-state index in [0.717, 1.165) is 54.0 Å². The lowest BCUT2D eigenvalue weighted by Gasteiger charge is -2.38. The van der Waals surface area contributed by atoms with Crippen LogP contribution in [0.2, 0.25) is 5.02 Å². The fraction of sp³-hybridized carbons (Fsp3) is 0.429. The zero-order valence-corrected chi connectivity index (χ0v) is 26.7. The lowest BCUT2D eigenvalue weighted by atomic mass is 9.84. The second-order valence-electron chi connectivity index (χ2n) is 12.5. The third-order valence-electron chi connectivity index (χ3n) is 8.45. The van der Waals surface area contributed by atoms with Gasteiger partial charge in [-0.2, -0.15) is 0 Å². The van der Waals surface area contributed by atoms with Crippen molar-refractivity contribution in [3.8, 4) is 11.1 Å². The fourth-order valence-electron chi connectivity index (χ4n) is 6.01. The fourth-order valence-corrected chi connectivity index (χ4v) is 6.14. The number of carbonyl (C=O) groups excluding carboxylic acids is 2. The summed E-state index contributed by atoms with van der Waals surface area (Å²) < 4.78 is 10.4. The molecule has 0 unspecified atom stereocenters. The summed E-state index contributed by atoms with van der Waals surface area (Å²) in [5.74, 6) is -0.257. The van der Waals surface area contributed by atoms with Crippen LogP contribution in [0.3, 0.4) is 0 Å². The number of hydrogen-bond acceptors (Lipinski definition) is 7. The number of carbonyl (C=O) groups is 2. The number of hydrogen-bond donors (Lipinski definition) is 1. The Bertz CT molecular complexity index is 1440. The molecular weight excluding hydrogens is 578 g/mol. The van der Waals surface area contributed by atoms with Crippen LogP contribution < -0.4 is 9.80 Å². The van der Waals surface area contributed by atoms with E-state index in [1.54, 1.807) is 17.0 Å². The molecular formula is C35H42ClN3O5. The molecule has 3 aromatic carbocycles. The summed E-state index contributed by atoms with van der Waals surface area (Å²) in [6.07, 6.45) is 0.738. The number of anilines is 2. The van der Waals surface area contributed by atoms with Crippen LogP contribution in [-0.2, 0) is 9.47 Å². The predicted molar refractivity (Wildman–Crippen MR) is 175 cm³/mol. The van der Waals surface area contributed by atoms with Gasteiger partial charge in [-0.3, -0.25) is 0 Å². The molecule has 44 heavy (non-hydrogen) atoms. The van der Waals surface area contributed by atoms with Crippen molar-refractivity contribution in [2.45, 2.75) is 45.3 Å². The Hall–Kier alpha value is -3.75. The SMILES string of the molecule is COC(=O)c1ccc(N2CCC([C@H](O)c3cc(N4CCN(C(=O)OC(C)(C)C)CC4)ccc3-c3ccc(Cl)cc3)CC2)cc1. The minimum atomic E-state index is -0.646. The van der Waals surface area contributed by atoms with Crippen molar-refractivity contribution in [2.24, 2.45) is 5.92 Å². The van der Waals surface area contributed by atoms with Crippen LogP contribution in [0.5, 0.6) is 0 Å². The number of halogens is 1. The monoisotopic (exact) mass is 619 g/mol. The van der Waals surface area contributed by atoms with Crippen molar-refractivity contribution in [1.29, 1.82) is 0 Å². The molecule has 2 saturated heterocycles. The van der Waals surface area contributed by atoms with E-state index in [0.29, 0.717) is 36.8 Å². The summed E-state index contributed by atoms with van der Waals surface area (Å²) in [5, 5.41) is 12.6. The zero-order chi connectivity index (χ0) is 31.4. The summed E-state index contributed by atoms with van der Waals surface area (Å²) in [6.45, 7) is 9.77. The lowest BCUT2D eigenvalue weighted by molar-refractivity contribution is 0.0240. The molecule has 0 aromatic heterocycles. The summed E-state index contributed by atoms with van der Waals surface area (Å²) in [4.78, 5) is 30.7. The Balaban J connectivity index is 1.31. The number of piperazine rings is 1. The summed E-state index contributed by atoms with van der Waals surface area (Å²) in [6, 6.07) is 21.5. The Morgan fingerprint density at radius 1 is 0.841 bits per heavy atom. The summed E-state index contributed by atoms with van der Waals surface area (Å²) in [7, 11) is 1.38. The number of esters is 1. The molecule has 0 bridgehead atoms. The molecule has 2 heterocycles. The molecule has 1 N–H and O–H groups in total. The molecule has 2 fully saturated rings. The molecule has 0 spiro atoms. The van der Waals surface area contributed by atoms with Gasteiger partial charge in [0.25, 0.3) is 0 Å². The van der Waals surface area contributed by atoms with Crippen LogP contribution in [0, 0.1) is 5.92 Å². The average molecular weight is 620 g/mol. The maximum atomic E-state index is 12.6. The van der Waals surface area contributed by atoms with E-state index in [9.17, 15) is 14.7 Å². The molecule has 234 valence electrons. The molecule has 8 nitrogen and oxygen atoms in total. The highest BCUT2D eigenvalue weighted by Gasteiger charge is 2.30. The van der Waals surface area contributed by atoms with Crippen LogP contribution >= 0.6 is 11.6 Å². The van der Waals surface area contributed by atoms with Gasteiger partial charge in [-0.05, 0) is 105 Å². The van der Waals surface area contributed by atoms with Gasteiger partial charge in [0.05, 0.1) is 18.8 Å². The van der Waals surface area contributed by atoms with Gasteiger partial charge in [-0.1, -0.05) is 29.8 Å². The van der Waals surface area contributed by atoms with Gasteiger partial charge in [0.15, 0.2) is 0 Å². The van der Waals surface area contributed by atoms with E-state index in [2.05, 4.69) is 28.0 Å². The van der Waals surface area contributed by atoms with Gasteiger partial charge < -0.3 is 29.3 Å². The van der Waals surface area contributed by atoms with Crippen LogP contribution in [0.15, 0.2) is 66.7 Å². The second-order valence-corrected chi connectivity index (χ2v) is 13.0. The van der Waals surface area contributed by atoms with E-state index in [1.165, 1.54) is 7.11 Å². The van der Waals surface area contributed by atoms with Gasteiger partial charge in [0.1, 0.15) is 5.60 Å². The Labute approximate surface area is 265 Å². The molecule has 0 radical (unpaired) electrons. The molecule has 5 rings (SSSR count). The number of ether oxygens (including phenoxy) is 2. The Morgan fingerprint density at radius 3 is 2.02 bits per heavy atom. The normalized spacial score (nSPS) is 16.9. The lowest BCUT2D eigenvalue weighted by Crippen LogP contribution is -2.50. The maximum Gasteiger partial charge on any atom is 0.410 e. The minimum absolute atomic E-state index is 0.0888. The molecule has 2 aliphatic rings. The van der Waals surface area contributed by atoms with Crippen molar-refractivity contribution in [2.75, 3.05) is 56.2 Å². The highest BCUT2D eigenvalue weighted by molar-refractivity contribution is 6.30. The third kappa shape index (κ3) is 7.48. The number of amides is 1. The first kappa shape index (κ1) is 31.7. The van der Waals surface area contributed by atoms with Crippen LogP contribution in [-0.4, -0.2) is 74.0 Å². The quantitative estimate of drug-likeness (QED) is 0.304. The standard InChI is InChI=1S/C35H42ClN3O5/c1-35(2,3)44-34(42)39-21-19-38(20-22-39)29-13-14-30(24-5-9-27(36)10-6-24)31(23-29)32(40)25-15-17-37(18-16-25)28-11-7-26(8-12-28)33(41)43-4/h5-14,23,25,32,40H,15-22H2,1-4H3/t32-/m0/s1. The van der Waals surface area contributed by atoms with Crippen LogP contribution in [0.1, 0.15) is 55.6 Å². The molecule has 2 aliphatic heterocycles. The number of methoxy groups -OCH3 is 1. The third-order valence-corrected chi connectivity index (χ3v) is 8.70. The average Bonchev–Trinajstić information content (AvgIpc) is 3.03. The number of piperidine rings is 1. The zero-order valence-electron chi connectivity index (χ0n) is 26.0. The number of nitrogens with zero attached hydrogens (tertiary/aromatic N) is 3. The highest BCUT2D eigenvalue weighted by atomic mass is 35.5. The molecule has 3 aromatic rings. The van der Waals surface area contributed by atoms with E-state index in [-0.39, 0.29) is 18.0 Å². The first-order valence-electron chi connectivity index (χ1n) is 15.3. The largest absolute Gasteiger partial charge is 0.465 e. The predicted octanol–water partition coefficient (Wildman–Crippen LogP) is 6.80. The van der Waals surface area contributed by atoms with E-state index in [4.69, 9.17) is 21.1 Å². The van der Waals surface area contributed by atoms with Crippen molar-refractivity contribution < 1.29 is 24.2 Å². The number of aliphatic hydroxyl groups is 1. The van der Waals surface area contributed by atoms with Gasteiger partial charge in [-0.15, -0.1) is 0 Å². The summed E-state index contributed by atoms with van der Waals surface area (Å²) >= 11 is 6.19.